The van der Waals surface area contributed by atoms with Crippen LogP contribution in [0.3, 0.4) is 0 Å². The van der Waals surface area contributed by atoms with E-state index >= 15 is 0 Å². The Labute approximate surface area is 146 Å². The molecule has 0 aliphatic carbocycles. The zero-order valence-corrected chi connectivity index (χ0v) is 14.5. The number of tetrazole rings is 1. The van der Waals surface area contributed by atoms with Gasteiger partial charge < -0.3 is 5.11 Å². The summed E-state index contributed by atoms with van der Waals surface area (Å²) in [5.41, 5.74) is 4.33. The molecule has 0 aliphatic rings. The third kappa shape index (κ3) is 4.07. The average molecular weight is 338 g/mol. The van der Waals surface area contributed by atoms with E-state index in [0.29, 0.717) is 19.6 Å². The molecule has 0 amide bonds. The Morgan fingerprint density at radius 1 is 1.08 bits per heavy atom. The lowest BCUT2D eigenvalue weighted by Crippen LogP contribution is -2.28. The monoisotopic (exact) mass is 338 g/mol. The van der Waals surface area contributed by atoms with E-state index in [4.69, 9.17) is 0 Å². The molecule has 0 bridgehead atoms. The SMILES string of the molecule is Cc1cccc(C)c1-n1nnnc1CN(CCO)Cc1cccnc1. The number of benzene rings is 1. The molecule has 0 saturated heterocycles. The fourth-order valence-corrected chi connectivity index (χ4v) is 2.92. The molecule has 0 unspecified atom stereocenters. The van der Waals surface area contributed by atoms with Gasteiger partial charge in [0.1, 0.15) is 0 Å². The maximum Gasteiger partial charge on any atom is 0.170 e. The molecule has 1 N–H and O–H groups in total. The van der Waals surface area contributed by atoms with Gasteiger partial charge in [0, 0.05) is 25.5 Å². The lowest BCUT2D eigenvalue weighted by atomic mass is 10.1. The smallest absolute Gasteiger partial charge is 0.170 e. The van der Waals surface area contributed by atoms with Crippen molar-refractivity contribution in [1.82, 2.24) is 30.1 Å². The van der Waals surface area contributed by atoms with Crippen LogP contribution >= 0.6 is 0 Å². The van der Waals surface area contributed by atoms with E-state index in [1.165, 1.54) is 0 Å². The molecule has 7 heteroatoms. The molecule has 130 valence electrons. The molecule has 3 rings (SSSR count). The van der Waals surface area contributed by atoms with Crippen molar-refractivity contribution < 1.29 is 5.11 Å². The summed E-state index contributed by atoms with van der Waals surface area (Å²) in [5, 5.41) is 21.6. The van der Waals surface area contributed by atoms with Crippen LogP contribution < -0.4 is 0 Å². The van der Waals surface area contributed by atoms with E-state index in [1.54, 1.807) is 10.9 Å². The van der Waals surface area contributed by atoms with Crippen molar-refractivity contribution >= 4 is 0 Å². The van der Waals surface area contributed by atoms with Crippen molar-refractivity contribution in [2.24, 2.45) is 0 Å². The largest absolute Gasteiger partial charge is 0.395 e. The molecular weight excluding hydrogens is 316 g/mol. The van der Waals surface area contributed by atoms with Crippen LogP contribution in [0.2, 0.25) is 0 Å². The van der Waals surface area contributed by atoms with Gasteiger partial charge in [-0.3, -0.25) is 9.88 Å². The Morgan fingerprint density at radius 2 is 1.88 bits per heavy atom. The van der Waals surface area contributed by atoms with Crippen LogP contribution in [0.4, 0.5) is 0 Å². The van der Waals surface area contributed by atoms with Crippen LogP contribution in [0.1, 0.15) is 22.5 Å². The topological polar surface area (TPSA) is 80.0 Å². The number of rotatable bonds is 7. The van der Waals surface area contributed by atoms with Crippen LogP contribution in [0, 0.1) is 13.8 Å². The minimum atomic E-state index is 0.0746. The lowest BCUT2D eigenvalue weighted by molar-refractivity contribution is 0.180. The zero-order chi connectivity index (χ0) is 17.6. The Hall–Kier alpha value is -2.64. The molecule has 3 aromatic rings. The van der Waals surface area contributed by atoms with Gasteiger partial charge >= 0.3 is 0 Å². The van der Waals surface area contributed by atoms with Gasteiger partial charge in [0.25, 0.3) is 0 Å². The van der Waals surface area contributed by atoms with E-state index in [1.807, 2.05) is 24.4 Å². The third-order valence-electron chi connectivity index (χ3n) is 4.10. The van der Waals surface area contributed by atoms with E-state index in [-0.39, 0.29) is 6.61 Å². The van der Waals surface area contributed by atoms with Crippen molar-refractivity contribution in [2.45, 2.75) is 26.9 Å². The van der Waals surface area contributed by atoms with Gasteiger partial charge in [-0.25, -0.2) is 0 Å². The Morgan fingerprint density at radius 3 is 2.56 bits per heavy atom. The highest BCUT2D eigenvalue weighted by Gasteiger charge is 2.16. The second kappa shape index (κ2) is 7.96. The molecular formula is C18H22N6O. The first kappa shape index (κ1) is 17.2. The van der Waals surface area contributed by atoms with Crippen molar-refractivity contribution in [3.63, 3.8) is 0 Å². The average Bonchev–Trinajstić information content (AvgIpc) is 3.04. The van der Waals surface area contributed by atoms with E-state index in [2.05, 4.69) is 51.4 Å². The standard InChI is InChI=1S/C18H22N6O/c1-14-5-3-6-15(2)18(14)24-17(20-21-22-24)13-23(9-10-25)12-16-7-4-8-19-11-16/h3-8,11,25H,9-10,12-13H2,1-2H3. The van der Waals surface area contributed by atoms with Gasteiger partial charge in [0.15, 0.2) is 5.82 Å². The fourth-order valence-electron chi connectivity index (χ4n) is 2.92. The molecule has 0 saturated carbocycles. The van der Waals surface area contributed by atoms with Gasteiger partial charge in [0.2, 0.25) is 0 Å². The van der Waals surface area contributed by atoms with Crippen molar-refractivity contribution in [3.8, 4) is 5.69 Å². The molecule has 0 fully saturated rings. The molecule has 0 atom stereocenters. The Bertz CT molecular complexity index is 797. The van der Waals surface area contributed by atoms with E-state index < -0.39 is 0 Å². The number of para-hydroxylation sites is 1. The summed E-state index contributed by atoms with van der Waals surface area (Å²) in [6.07, 6.45) is 3.58. The van der Waals surface area contributed by atoms with Crippen LogP contribution in [0.25, 0.3) is 5.69 Å². The molecule has 2 aromatic heterocycles. The number of aliphatic hydroxyl groups excluding tert-OH is 1. The normalized spacial score (nSPS) is 11.2. The van der Waals surface area contributed by atoms with E-state index in [0.717, 1.165) is 28.2 Å². The molecule has 0 radical (unpaired) electrons. The minimum Gasteiger partial charge on any atom is -0.395 e. The van der Waals surface area contributed by atoms with Crippen molar-refractivity contribution in [2.75, 3.05) is 13.2 Å². The van der Waals surface area contributed by atoms with Crippen molar-refractivity contribution in [3.05, 3.63) is 65.2 Å². The van der Waals surface area contributed by atoms with Crippen LogP contribution in [0.5, 0.6) is 0 Å². The molecule has 25 heavy (non-hydrogen) atoms. The third-order valence-corrected chi connectivity index (χ3v) is 4.10. The molecule has 1 aromatic carbocycles. The first-order chi connectivity index (χ1) is 12.2. The number of hydrogen-bond acceptors (Lipinski definition) is 6. The molecule has 7 nitrogen and oxygen atoms in total. The summed E-state index contributed by atoms with van der Waals surface area (Å²) in [6.45, 7) is 5.92. The van der Waals surface area contributed by atoms with Crippen LogP contribution in [0.15, 0.2) is 42.7 Å². The number of aryl methyl sites for hydroxylation is 2. The highest BCUT2D eigenvalue weighted by atomic mass is 16.3. The maximum atomic E-state index is 9.40. The highest BCUT2D eigenvalue weighted by Crippen LogP contribution is 2.19. The maximum absolute atomic E-state index is 9.40. The Kier molecular flexibility index (Phi) is 5.47. The quantitative estimate of drug-likeness (QED) is 0.706. The fraction of sp³-hybridized carbons (Fsp3) is 0.333. The van der Waals surface area contributed by atoms with Crippen LogP contribution in [-0.2, 0) is 13.1 Å². The second-order valence-corrected chi connectivity index (χ2v) is 6.04. The number of hydrogen-bond donors (Lipinski definition) is 1. The first-order valence-electron chi connectivity index (χ1n) is 8.25. The van der Waals surface area contributed by atoms with Gasteiger partial charge in [0.05, 0.1) is 18.8 Å². The number of aliphatic hydroxyl groups is 1. The molecule has 0 aliphatic heterocycles. The van der Waals surface area contributed by atoms with Gasteiger partial charge in [-0.05, 0) is 47.0 Å². The van der Waals surface area contributed by atoms with Crippen molar-refractivity contribution in [1.29, 1.82) is 0 Å². The van der Waals surface area contributed by atoms with Crippen LogP contribution in [-0.4, -0.2) is 48.3 Å². The summed E-state index contributed by atoms with van der Waals surface area (Å²) in [5.74, 6) is 0.745. The summed E-state index contributed by atoms with van der Waals surface area (Å²) in [7, 11) is 0. The molecule has 0 spiro atoms. The number of pyridine rings is 1. The number of nitrogens with zero attached hydrogens (tertiary/aromatic N) is 6. The van der Waals surface area contributed by atoms with Gasteiger partial charge in [-0.2, -0.15) is 4.68 Å². The van der Waals surface area contributed by atoms with Gasteiger partial charge in [-0.1, -0.05) is 24.3 Å². The summed E-state index contributed by atoms with van der Waals surface area (Å²) in [4.78, 5) is 6.25. The zero-order valence-electron chi connectivity index (χ0n) is 14.5. The predicted octanol–water partition coefficient (Wildman–Crippen LogP) is 1.67. The van der Waals surface area contributed by atoms with Gasteiger partial charge in [-0.15, -0.1) is 5.10 Å². The first-order valence-corrected chi connectivity index (χ1v) is 8.25. The lowest BCUT2D eigenvalue weighted by Gasteiger charge is -2.21. The summed E-state index contributed by atoms with van der Waals surface area (Å²) < 4.78 is 1.79. The minimum absolute atomic E-state index is 0.0746. The molecule has 2 heterocycles. The second-order valence-electron chi connectivity index (χ2n) is 6.04. The number of aromatic nitrogens is 5. The summed E-state index contributed by atoms with van der Waals surface area (Å²) in [6, 6.07) is 10.1. The van der Waals surface area contributed by atoms with E-state index in [9.17, 15) is 5.11 Å². The highest BCUT2D eigenvalue weighted by molar-refractivity contribution is 5.46. The summed E-state index contributed by atoms with van der Waals surface area (Å²) >= 11 is 0. The Balaban J connectivity index is 1.85. The predicted molar refractivity (Wildman–Crippen MR) is 94.1 cm³/mol.